The highest BCUT2D eigenvalue weighted by Gasteiger charge is 2.36. The van der Waals surface area contributed by atoms with E-state index in [0.29, 0.717) is 12.8 Å². The van der Waals surface area contributed by atoms with Gasteiger partial charge in [-0.15, -0.1) is 0 Å². The Labute approximate surface area is 115 Å². The number of hydrogen-bond acceptors (Lipinski definition) is 1. The molecule has 0 N–H and O–H groups in total. The fraction of sp³-hybridized carbons (Fsp3) is 0.312. The van der Waals surface area contributed by atoms with E-state index in [9.17, 15) is 18.0 Å². The van der Waals surface area contributed by atoms with Gasteiger partial charge in [-0.25, -0.2) is 0 Å². The Balaban J connectivity index is 1.86. The monoisotopic (exact) mass is 280 g/mol. The van der Waals surface area contributed by atoms with Gasteiger partial charge in [0.25, 0.3) is 0 Å². The van der Waals surface area contributed by atoms with E-state index < -0.39 is 18.4 Å². The number of rotatable bonds is 5. The molecule has 2 rings (SSSR count). The van der Waals surface area contributed by atoms with E-state index >= 15 is 0 Å². The molecule has 1 nitrogen and oxygen atoms in total. The van der Waals surface area contributed by atoms with Gasteiger partial charge in [0.1, 0.15) is 0 Å². The van der Waals surface area contributed by atoms with Gasteiger partial charge in [0.15, 0.2) is 0 Å². The number of ketones is 1. The molecule has 20 heavy (non-hydrogen) atoms. The number of Topliss-reactive ketones (excluding diaryl/α,β-unsaturated/α-hetero) is 1. The van der Waals surface area contributed by atoms with Crippen LogP contribution < -0.4 is 0 Å². The number of benzene rings is 2. The van der Waals surface area contributed by atoms with E-state index in [2.05, 4.69) is 0 Å². The molecule has 2 aromatic rings. The first-order valence-corrected chi connectivity index (χ1v) is 6.54. The minimum absolute atomic E-state index is 0.269. The van der Waals surface area contributed by atoms with Crippen molar-refractivity contribution in [1.82, 2.24) is 0 Å². The highest BCUT2D eigenvalue weighted by atomic mass is 19.4. The van der Waals surface area contributed by atoms with Gasteiger partial charge in [0.05, 0.1) is 0 Å². The fourth-order valence-corrected chi connectivity index (χ4v) is 2.15. The summed E-state index contributed by atoms with van der Waals surface area (Å²) in [4.78, 5) is 10.7. The van der Waals surface area contributed by atoms with Gasteiger partial charge in [0.2, 0.25) is 5.78 Å². The van der Waals surface area contributed by atoms with Crippen LogP contribution >= 0.6 is 0 Å². The van der Waals surface area contributed by atoms with E-state index in [1.54, 1.807) is 0 Å². The lowest BCUT2D eigenvalue weighted by Gasteiger charge is -2.06. The summed E-state index contributed by atoms with van der Waals surface area (Å²) in [6.07, 6.45) is -3.57. The van der Waals surface area contributed by atoms with Crippen molar-refractivity contribution in [2.45, 2.75) is 31.9 Å². The molecule has 0 bridgehead atoms. The number of unbranched alkanes of at least 4 members (excludes halogenated alkanes) is 1. The molecule has 0 saturated carbocycles. The minimum atomic E-state index is -4.69. The fourth-order valence-electron chi connectivity index (χ4n) is 2.15. The summed E-state index contributed by atoms with van der Waals surface area (Å²) in [5, 5.41) is 2.26. The van der Waals surface area contributed by atoms with Crippen LogP contribution in [0.5, 0.6) is 0 Å². The van der Waals surface area contributed by atoms with Crippen molar-refractivity contribution in [3.63, 3.8) is 0 Å². The molecule has 0 aliphatic rings. The average molecular weight is 280 g/mol. The quantitative estimate of drug-likeness (QED) is 0.726. The van der Waals surface area contributed by atoms with Crippen LogP contribution in [0.2, 0.25) is 0 Å². The molecule has 4 heteroatoms. The van der Waals surface area contributed by atoms with Crippen LogP contribution in [0.15, 0.2) is 42.5 Å². The van der Waals surface area contributed by atoms with Crippen molar-refractivity contribution >= 4 is 16.6 Å². The number of halogens is 3. The van der Waals surface area contributed by atoms with Gasteiger partial charge in [-0.2, -0.15) is 13.2 Å². The van der Waals surface area contributed by atoms with Crippen LogP contribution in [0.1, 0.15) is 24.8 Å². The first kappa shape index (κ1) is 14.6. The molecule has 0 amide bonds. The normalized spacial score (nSPS) is 11.8. The Morgan fingerprint density at radius 3 is 2.35 bits per heavy atom. The topological polar surface area (TPSA) is 17.1 Å². The molecule has 0 unspecified atom stereocenters. The van der Waals surface area contributed by atoms with Gasteiger partial charge in [-0.05, 0) is 35.6 Å². The molecule has 0 aromatic heterocycles. The molecule has 0 spiro atoms. The van der Waals surface area contributed by atoms with Crippen molar-refractivity contribution in [2.24, 2.45) is 0 Å². The van der Waals surface area contributed by atoms with Gasteiger partial charge in [-0.3, -0.25) is 4.79 Å². The molecule has 0 aliphatic carbocycles. The van der Waals surface area contributed by atoms with E-state index in [1.165, 1.54) is 0 Å². The molecule has 0 atom stereocenters. The van der Waals surface area contributed by atoms with E-state index in [-0.39, 0.29) is 6.42 Å². The second-order valence-electron chi connectivity index (χ2n) is 4.81. The summed E-state index contributed by atoms with van der Waals surface area (Å²) in [7, 11) is 0. The number of aryl methyl sites for hydroxylation is 1. The summed E-state index contributed by atoms with van der Waals surface area (Å²) in [6, 6.07) is 14.0. The number of hydrogen-bond donors (Lipinski definition) is 0. The van der Waals surface area contributed by atoms with Crippen LogP contribution in [-0.4, -0.2) is 12.0 Å². The van der Waals surface area contributed by atoms with Gasteiger partial charge in [0, 0.05) is 6.42 Å². The minimum Gasteiger partial charge on any atom is -0.290 e. The highest BCUT2D eigenvalue weighted by molar-refractivity contribution is 5.84. The molecule has 106 valence electrons. The first-order valence-electron chi connectivity index (χ1n) is 6.54. The standard InChI is InChI=1S/C16H15F3O/c17-16(18,19)15(20)8-4-1-5-12-9-10-13-6-2-3-7-14(13)11-12/h2-3,6-7,9-11H,1,4-5,8H2. The third-order valence-electron chi connectivity index (χ3n) is 3.25. The second-order valence-corrected chi connectivity index (χ2v) is 4.81. The third kappa shape index (κ3) is 3.83. The lowest BCUT2D eigenvalue weighted by atomic mass is 10.0. The zero-order valence-corrected chi connectivity index (χ0v) is 10.9. The number of alkyl halides is 3. The van der Waals surface area contributed by atoms with Crippen LogP contribution in [0.25, 0.3) is 10.8 Å². The van der Waals surface area contributed by atoms with Crippen molar-refractivity contribution in [3.8, 4) is 0 Å². The van der Waals surface area contributed by atoms with E-state index in [0.717, 1.165) is 16.3 Å². The zero-order valence-electron chi connectivity index (χ0n) is 10.9. The van der Waals surface area contributed by atoms with Crippen molar-refractivity contribution in [1.29, 1.82) is 0 Å². The Bertz CT molecular complexity index is 602. The molecule has 0 saturated heterocycles. The Morgan fingerprint density at radius 2 is 1.65 bits per heavy atom. The predicted octanol–water partition coefficient (Wildman–Crippen LogP) is 4.68. The lowest BCUT2D eigenvalue weighted by Crippen LogP contribution is -2.22. The summed E-state index contributed by atoms with van der Waals surface area (Å²) in [5.74, 6) is -1.63. The molecular weight excluding hydrogens is 265 g/mol. The SMILES string of the molecule is O=C(CCCCc1ccc2ccccc2c1)C(F)(F)F. The van der Waals surface area contributed by atoms with Gasteiger partial charge < -0.3 is 0 Å². The summed E-state index contributed by atoms with van der Waals surface area (Å²) in [5.41, 5.74) is 1.09. The summed E-state index contributed by atoms with van der Waals surface area (Å²) in [6.45, 7) is 0. The maximum Gasteiger partial charge on any atom is 0.449 e. The van der Waals surface area contributed by atoms with Crippen LogP contribution in [0, 0.1) is 0 Å². The first-order chi connectivity index (χ1) is 9.47. The van der Waals surface area contributed by atoms with E-state index in [1.807, 2.05) is 42.5 Å². The second kappa shape index (κ2) is 6.07. The van der Waals surface area contributed by atoms with Gasteiger partial charge >= 0.3 is 6.18 Å². The molecule has 0 heterocycles. The van der Waals surface area contributed by atoms with Crippen LogP contribution in [-0.2, 0) is 11.2 Å². The summed E-state index contributed by atoms with van der Waals surface area (Å²) < 4.78 is 36.1. The smallest absolute Gasteiger partial charge is 0.290 e. The Kier molecular flexibility index (Phi) is 4.42. The van der Waals surface area contributed by atoms with Gasteiger partial charge in [-0.1, -0.05) is 42.5 Å². The van der Waals surface area contributed by atoms with Crippen LogP contribution in [0.4, 0.5) is 13.2 Å². The maximum atomic E-state index is 12.0. The third-order valence-corrected chi connectivity index (χ3v) is 3.25. The molecule has 0 radical (unpaired) electrons. The Hall–Kier alpha value is -1.84. The Morgan fingerprint density at radius 1 is 0.950 bits per heavy atom. The largest absolute Gasteiger partial charge is 0.449 e. The molecular formula is C16H15F3O. The molecule has 0 fully saturated rings. The number of carbonyl (C=O) groups excluding carboxylic acids is 1. The van der Waals surface area contributed by atoms with Crippen molar-refractivity contribution in [2.75, 3.05) is 0 Å². The molecule has 0 aliphatic heterocycles. The lowest BCUT2D eigenvalue weighted by molar-refractivity contribution is -0.171. The molecule has 2 aromatic carbocycles. The number of carbonyl (C=O) groups is 1. The van der Waals surface area contributed by atoms with E-state index in [4.69, 9.17) is 0 Å². The number of fused-ring (bicyclic) bond motifs is 1. The highest BCUT2D eigenvalue weighted by Crippen LogP contribution is 2.20. The average Bonchev–Trinajstić information content (AvgIpc) is 2.42. The van der Waals surface area contributed by atoms with Crippen molar-refractivity contribution < 1.29 is 18.0 Å². The van der Waals surface area contributed by atoms with Crippen LogP contribution in [0.3, 0.4) is 0 Å². The predicted molar refractivity (Wildman–Crippen MR) is 72.6 cm³/mol. The van der Waals surface area contributed by atoms with Crippen molar-refractivity contribution in [3.05, 3.63) is 48.0 Å². The summed E-state index contributed by atoms with van der Waals surface area (Å²) >= 11 is 0. The zero-order chi connectivity index (χ0) is 14.6. The maximum absolute atomic E-state index is 12.0.